The molecule has 1 saturated carbocycles. The number of aliphatic hydroxyl groups excluding tert-OH is 1. The molecule has 0 atom stereocenters. The minimum absolute atomic E-state index is 0.0775. The minimum atomic E-state index is -0.0775. The van der Waals surface area contributed by atoms with Crippen LogP contribution in [0.2, 0.25) is 0 Å². The van der Waals surface area contributed by atoms with E-state index in [0.29, 0.717) is 6.04 Å². The fraction of sp³-hybridized carbons (Fsp3) is 0.625. The molecule has 2 nitrogen and oxygen atoms in total. The van der Waals surface area contributed by atoms with Crippen molar-refractivity contribution in [3.63, 3.8) is 0 Å². The van der Waals surface area contributed by atoms with E-state index < -0.39 is 0 Å². The quantitative estimate of drug-likeness (QED) is 0.835. The molecule has 1 fully saturated rings. The number of hydrogen-bond acceptors (Lipinski definition) is 2. The van der Waals surface area contributed by atoms with Gasteiger partial charge in [0.2, 0.25) is 0 Å². The van der Waals surface area contributed by atoms with Gasteiger partial charge in [0.15, 0.2) is 0 Å². The highest BCUT2D eigenvalue weighted by Gasteiger charge is 2.19. The van der Waals surface area contributed by atoms with Gasteiger partial charge in [0.25, 0.3) is 0 Å². The van der Waals surface area contributed by atoms with E-state index in [1.54, 1.807) is 0 Å². The average Bonchev–Trinajstić information content (AvgIpc) is 2.32. The molecule has 0 bridgehead atoms. The van der Waals surface area contributed by atoms with Crippen LogP contribution in [0.4, 0.5) is 5.69 Å². The Hall–Kier alpha value is -1.02. The third-order valence-corrected chi connectivity index (χ3v) is 3.82. The Morgan fingerprint density at radius 1 is 1.00 bits per heavy atom. The smallest absolute Gasteiger partial charge is 0.0541 e. The monoisotopic (exact) mass is 247 g/mol. The second-order valence-electron chi connectivity index (χ2n) is 6.48. The molecule has 0 amide bonds. The lowest BCUT2D eigenvalue weighted by atomic mass is 9.87. The SMILES string of the molecule is CC(C)(C)c1ccc(NC2CCC(O)CC2)cc1. The maximum atomic E-state index is 9.49. The van der Waals surface area contributed by atoms with Crippen LogP contribution in [0.25, 0.3) is 0 Å². The Labute approximate surface area is 110 Å². The number of aliphatic hydroxyl groups is 1. The second kappa shape index (κ2) is 5.31. The van der Waals surface area contributed by atoms with Crippen molar-refractivity contribution in [2.24, 2.45) is 0 Å². The summed E-state index contributed by atoms with van der Waals surface area (Å²) < 4.78 is 0. The molecule has 2 rings (SSSR count). The summed E-state index contributed by atoms with van der Waals surface area (Å²) in [6.07, 6.45) is 3.92. The van der Waals surface area contributed by atoms with E-state index in [2.05, 4.69) is 50.4 Å². The van der Waals surface area contributed by atoms with Crippen LogP contribution in [0.15, 0.2) is 24.3 Å². The van der Waals surface area contributed by atoms with E-state index in [1.165, 1.54) is 11.3 Å². The van der Waals surface area contributed by atoms with Gasteiger partial charge in [-0.1, -0.05) is 32.9 Å². The van der Waals surface area contributed by atoms with Crippen molar-refractivity contribution in [1.29, 1.82) is 0 Å². The lowest BCUT2D eigenvalue weighted by molar-refractivity contribution is 0.126. The fourth-order valence-corrected chi connectivity index (χ4v) is 2.52. The summed E-state index contributed by atoms with van der Waals surface area (Å²) in [6.45, 7) is 6.70. The first-order valence-electron chi connectivity index (χ1n) is 7.00. The van der Waals surface area contributed by atoms with Gasteiger partial charge in [-0.05, 0) is 48.8 Å². The van der Waals surface area contributed by atoms with Crippen LogP contribution in [0, 0.1) is 0 Å². The summed E-state index contributed by atoms with van der Waals surface area (Å²) in [5.74, 6) is 0. The van der Waals surface area contributed by atoms with E-state index >= 15 is 0 Å². The molecule has 0 aliphatic heterocycles. The van der Waals surface area contributed by atoms with E-state index in [4.69, 9.17) is 0 Å². The summed E-state index contributed by atoms with van der Waals surface area (Å²) in [6, 6.07) is 9.28. The Balaban J connectivity index is 1.94. The van der Waals surface area contributed by atoms with Crippen molar-refractivity contribution < 1.29 is 5.11 Å². The van der Waals surface area contributed by atoms with E-state index in [-0.39, 0.29) is 11.5 Å². The van der Waals surface area contributed by atoms with Crippen molar-refractivity contribution in [1.82, 2.24) is 0 Å². The van der Waals surface area contributed by atoms with E-state index in [0.717, 1.165) is 25.7 Å². The van der Waals surface area contributed by atoms with E-state index in [1.807, 2.05) is 0 Å². The van der Waals surface area contributed by atoms with Gasteiger partial charge in [0, 0.05) is 11.7 Å². The Kier molecular flexibility index (Phi) is 3.96. The number of nitrogens with one attached hydrogen (secondary N) is 1. The first kappa shape index (κ1) is 13.4. The number of hydrogen-bond donors (Lipinski definition) is 2. The second-order valence-corrected chi connectivity index (χ2v) is 6.48. The molecule has 0 unspecified atom stereocenters. The van der Waals surface area contributed by atoms with Crippen LogP contribution < -0.4 is 5.32 Å². The molecule has 0 aromatic heterocycles. The van der Waals surface area contributed by atoms with Gasteiger partial charge in [-0.3, -0.25) is 0 Å². The minimum Gasteiger partial charge on any atom is -0.393 e. The van der Waals surface area contributed by atoms with E-state index in [9.17, 15) is 5.11 Å². The van der Waals surface area contributed by atoms with Gasteiger partial charge in [0.1, 0.15) is 0 Å². The predicted octanol–water partition coefficient (Wildman–Crippen LogP) is 3.70. The maximum absolute atomic E-state index is 9.49. The van der Waals surface area contributed by atoms with Gasteiger partial charge in [-0.25, -0.2) is 0 Å². The van der Waals surface area contributed by atoms with Gasteiger partial charge in [-0.2, -0.15) is 0 Å². The van der Waals surface area contributed by atoms with Gasteiger partial charge in [-0.15, -0.1) is 0 Å². The largest absolute Gasteiger partial charge is 0.393 e. The molecule has 18 heavy (non-hydrogen) atoms. The molecular formula is C16H25NO. The highest BCUT2D eigenvalue weighted by molar-refractivity contribution is 5.46. The maximum Gasteiger partial charge on any atom is 0.0541 e. The lowest BCUT2D eigenvalue weighted by Crippen LogP contribution is -2.28. The molecule has 2 heteroatoms. The average molecular weight is 247 g/mol. The van der Waals surface area contributed by atoms with Crippen LogP contribution in [0.1, 0.15) is 52.0 Å². The van der Waals surface area contributed by atoms with Crippen molar-refractivity contribution in [3.8, 4) is 0 Å². The van der Waals surface area contributed by atoms with Crippen LogP contribution >= 0.6 is 0 Å². The zero-order valence-corrected chi connectivity index (χ0v) is 11.7. The topological polar surface area (TPSA) is 32.3 Å². The standard InChI is InChI=1S/C16H25NO/c1-16(2,3)12-4-6-13(7-5-12)17-14-8-10-15(18)11-9-14/h4-7,14-15,17-18H,8-11H2,1-3H3. The third-order valence-electron chi connectivity index (χ3n) is 3.82. The first-order chi connectivity index (χ1) is 8.45. The summed E-state index contributed by atoms with van der Waals surface area (Å²) in [4.78, 5) is 0. The molecule has 0 heterocycles. The van der Waals surface area contributed by atoms with Gasteiger partial charge < -0.3 is 10.4 Å². The van der Waals surface area contributed by atoms with Crippen LogP contribution in [-0.2, 0) is 5.41 Å². The Morgan fingerprint density at radius 2 is 1.56 bits per heavy atom. The summed E-state index contributed by atoms with van der Waals surface area (Å²) in [5.41, 5.74) is 2.78. The highest BCUT2D eigenvalue weighted by Crippen LogP contribution is 2.25. The van der Waals surface area contributed by atoms with Crippen LogP contribution in [0.5, 0.6) is 0 Å². The van der Waals surface area contributed by atoms with Crippen LogP contribution in [0.3, 0.4) is 0 Å². The zero-order valence-electron chi connectivity index (χ0n) is 11.7. The van der Waals surface area contributed by atoms with Crippen molar-refractivity contribution in [2.75, 3.05) is 5.32 Å². The van der Waals surface area contributed by atoms with Gasteiger partial charge >= 0.3 is 0 Å². The predicted molar refractivity (Wildman–Crippen MR) is 77.0 cm³/mol. The zero-order chi connectivity index (χ0) is 13.2. The Bertz CT molecular complexity index is 369. The molecule has 0 radical (unpaired) electrons. The molecule has 0 saturated heterocycles. The molecule has 1 aromatic carbocycles. The van der Waals surface area contributed by atoms with Crippen LogP contribution in [-0.4, -0.2) is 17.3 Å². The van der Waals surface area contributed by atoms with Gasteiger partial charge in [0.05, 0.1) is 6.10 Å². The number of benzene rings is 1. The molecule has 1 aliphatic rings. The molecule has 100 valence electrons. The highest BCUT2D eigenvalue weighted by atomic mass is 16.3. The summed E-state index contributed by atoms with van der Waals surface area (Å²) in [5, 5.41) is 13.1. The fourth-order valence-electron chi connectivity index (χ4n) is 2.52. The molecular weight excluding hydrogens is 222 g/mol. The normalized spacial score (nSPS) is 24.9. The van der Waals surface area contributed by atoms with Crippen molar-refractivity contribution in [2.45, 2.75) is 64.0 Å². The number of rotatable bonds is 2. The number of anilines is 1. The molecule has 1 aliphatic carbocycles. The molecule has 0 spiro atoms. The third kappa shape index (κ3) is 3.49. The van der Waals surface area contributed by atoms with Crippen molar-refractivity contribution >= 4 is 5.69 Å². The molecule has 2 N–H and O–H groups in total. The lowest BCUT2D eigenvalue weighted by Gasteiger charge is -2.27. The first-order valence-corrected chi connectivity index (χ1v) is 7.00. The Morgan fingerprint density at radius 3 is 2.06 bits per heavy atom. The molecule has 1 aromatic rings. The van der Waals surface area contributed by atoms with Crippen molar-refractivity contribution in [3.05, 3.63) is 29.8 Å². The summed E-state index contributed by atoms with van der Waals surface area (Å²) in [7, 11) is 0. The summed E-state index contributed by atoms with van der Waals surface area (Å²) >= 11 is 0.